The van der Waals surface area contributed by atoms with Crippen molar-refractivity contribution in [3.63, 3.8) is 0 Å². The van der Waals surface area contributed by atoms with Crippen LogP contribution in [-0.4, -0.2) is 33.9 Å². The van der Waals surface area contributed by atoms with E-state index < -0.39 is 8.07 Å². The smallest absolute Gasteiger partial charge is 0.259 e. The predicted molar refractivity (Wildman–Crippen MR) is 89.2 cm³/mol. The van der Waals surface area contributed by atoms with Crippen molar-refractivity contribution in [1.29, 1.82) is 0 Å². The molecule has 112 valence electrons. The molecule has 0 aliphatic carbocycles. The summed E-state index contributed by atoms with van der Waals surface area (Å²) < 4.78 is 5.18. The molecule has 6 heteroatoms. The number of nitrogens with zero attached hydrogens (tertiary/aromatic N) is 1. The summed E-state index contributed by atoms with van der Waals surface area (Å²) in [5.41, 5.74) is 6.30. The van der Waals surface area contributed by atoms with Crippen LogP contribution in [0, 0.1) is 11.5 Å². The molecule has 21 heavy (non-hydrogen) atoms. The first-order valence-corrected chi connectivity index (χ1v) is 10.1. The molecule has 1 amide bonds. The quantitative estimate of drug-likeness (QED) is 0.379. The number of ether oxygens (including phenoxy) is 1. The van der Waals surface area contributed by atoms with E-state index >= 15 is 0 Å². The van der Waals surface area contributed by atoms with Crippen LogP contribution in [0.15, 0.2) is 29.4 Å². The molecule has 0 aromatic heterocycles. The monoisotopic (exact) mass is 303 g/mol. The first-order valence-electron chi connectivity index (χ1n) is 6.62. The van der Waals surface area contributed by atoms with Gasteiger partial charge in [-0.05, 0) is 12.1 Å². The maximum absolute atomic E-state index is 11.6. The molecule has 0 unspecified atom stereocenters. The molecule has 0 bridgehead atoms. The van der Waals surface area contributed by atoms with E-state index in [0.29, 0.717) is 5.75 Å². The molecule has 0 spiro atoms. The Morgan fingerprint density at radius 2 is 2.10 bits per heavy atom. The van der Waals surface area contributed by atoms with Gasteiger partial charge in [-0.15, -0.1) is 5.54 Å². The van der Waals surface area contributed by atoms with Gasteiger partial charge >= 0.3 is 0 Å². The van der Waals surface area contributed by atoms with Crippen LogP contribution in [-0.2, 0) is 4.79 Å². The number of methoxy groups -OCH3 is 1. The van der Waals surface area contributed by atoms with Crippen molar-refractivity contribution in [3.05, 3.63) is 24.3 Å². The van der Waals surface area contributed by atoms with Gasteiger partial charge in [-0.25, -0.2) is 5.43 Å². The Morgan fingerprint density at radius 1 is 1.38 bits per heavy atom. The molecule has 0 atom stereocenters. The average molecular weight is 303 g/mol. The summed E-state index contributed by atoms with van der Waals surface area (Å²) >= 11 is 0. The van der Waals surface area contributed by atoms with Crippen molar-refractivity contribution in [1.82, 2.24) is 5.43 Å². The fraction of sp³-hybridized carbons (Fsp3) is 0.333. The van der Waals surface area contributed by atoms with Crippen LogP contribution in [0.1, 0.15) is 0 Å². The molecule has 0 saturated carbocycles. The van der Waals surface area contributed by atoms with Gasteiger partial charge in [0.05, 0.1) is 25.6 Å². The second-order valence-corrected chi connectivity index (χ2v) is 10.1. The molecule has 1 aromatic carbocycles. The van der Waals surface area contributed by atoms with E-state index in [2.05, 4.69) is 46.9 Å². The van der Waals surface area contributed by atoms with Gasteiger partial charge in [-0.1, -0.05) is 37.7 Å². The highest BCUT2D eigenvalue weighted by Crippen LogP contribution is 2.22. The van der Waals surface area contributed by atoms with Crippen LogP contribution in [0.25, 0.3) is 0 Å². The Labute approximate surface area is 126 Å². The van der Waals surface area contributed by atoms with Gasteiger partial charge in [0.1, 0.15) is 13.8 Å². The van der Waals surface area contributed by atoms with Crippen LogP contribution >= 0.6 is 0 Å². The Hall–Kier alpha value is -2.26. The highest BCUT2D eigenvalue weighted by Gasteiger charge is 2.06. The topological polar surface area (TPSA) is 62.7 Å². The molecule has 1 rings (SSSR count). The van der Waals surface area contributed by atoms with Crippen molar-refractivity contribution in [2.45, 2.75) is 19.6 Å². The van der Waals surface area contributed by atoms with E-state index in [4.69, 9.17) is 4.74 Å². The lowest BCUT2D eigenvalue weighted by atomic mass is 10.3. The molecule has 0 fully saturated rings. The molecule has 5 nitrogen and oxygen atoms in total. The summed E-state index contributed by atoms with van der Waals surface area (Å²) in [5, 5.41) is 6.77. The van der Waals surface area contributed by atoms with Crippen LogP contribution < -0.4 is 15.5 Å². The van der Waals surface area contributed by atoms with Crippen molar-refractivity contribution in [2.75, 3.05) is 19.0 Å². The number of amides is 1. The lowest BCUT2D eigenvalue weighted by Crippen LogP contribution is -2.25. The van der Waals surface area contributed by atoms with E-state index in [1.165, 1.54) is 6.21 Å². The maximum atomic E-state index is 11.6. The summed E-state index contributed by atoms with van der Waals surface area (Å²) in [4.78, 5) is 11.6. The van der Waals surface area contributed by atoms with Gasteiger partial charge < -0.3 is 10.1 Å². The van der Waals surface area contributed by atoms with Gasteiger partial charge in [0.25, 0.3) is 5.91 Å². The van der Waals surface area contributed by atoms with Crippen molar-refractivity contribution in [2.24, 2.45) is 5.10 Å². The first kappa shape index (κ1) is 16.8. The Morgan fingerprint density at radius 3 is 2.76 bits per heavy atom. The third-order valence-electron chi connectivity index (χ3n) is 2.31. The van der Waals surface area contributed by atoms with Gasteiger partial charge in [-0.2, -0.15) is 5.10 Å². The zero-order valence-electron chi connectivity index (χ0n) is 12.9. The minimum atomic E-state index is -1.40. The van der Waals surface area contributed by atoms with Crippen LogP contribution in [0.3, 0.4) is 0 Å². The lowest BCUT2D eigenvalue weighted by molar-refractivity contribution is -0.119. The van der Waals surface area contributed by atoms with E-state index in [1.54, 1.807) is 7.11 Å². The molecule has 0 radical (unpaired) electrons. The zero-order chi connectivity index (χ0) is 15.7. The van der Waals surface area contributed by atoms with Crippen LogP contribution in [0.5, 0.6) is 5.75 Å². The number of hydrogen-bond donors (Lipinski definition) is 2. The standard InChI is InChI=1S/C15H21N3O2Si/c1-20-14-9-6-5-8-13(14)16-12-15(19)18-17-10-7-11-21(2,3)4/h5-6,8-10,16H,12H2,1-4H3,(H,18,19)/b17-10+. The summed E-state index contributed by atoms with van der Waals surface area (Å²) in [6.07, 6.45) is 1.42. The molecule has 0 aliphatic heterocycles. The number of hydrogen-bond acceptors (Lipinski definition) is 4. The van der Waals surface area contributed by atoms with E-state index in [1.807, 2.05) is 24.3 Å². The Bertz CT molecular complexity index is 568. The Balaban J connectivity index is 2.41. The second-order valence-electron chi connectivity index (χ2n) is 5.37. The molecular formula is C15H21N3O2Si. The van der Waals surface area contributed by atoms with Crippen molar-refractivity contribution < 1.29 is 9.53 Å². The normalized spacial score (nSPS) is 10.7. The van der Waals surface area contributed by atoms with Gasteiger partial charge in [-0.3, -0.25) is 4.79 Å². The second kappa shape index (κ2) is 8.12. The average Bonchev–Trinajstić information content (AvgIpc) is 2.43. The summed E-state index contributed by atoms with van der Waals surface area (Å²) in [5.74, 6) is 3.28. The predicted octanol–water partition coefficient (Wildman–Crippen LogP) is 2.09. The van der Waals surface area contributed by atoms with Crippen LogP contribution in [0.4, 0.5) is 5.69 Å². The first-order chi connectivity index (χ1) is 9.92. The third kappa shape index (κ3) is 7.18. The molecular weight excluding hydrogens is 282 g/mol. The molecule has 0 aliphatic rings. The SMILES string of the molecule is COc1ccccc1NCC(=O)N/N=C/C#C[Si](C)(C)C. The number of benzene rings is 1. The highest BCUT2D eigenvalue weighted by molar-refractivity contribution is 6.84. The highest BCUT2D eigenvalue weighted by atomic mass is 28.3. The fourth-order valence-corrected chi connectivity index (χ4v) is 1.89. The van der Waals surface area contributed by atoms with Crippen molar-refractivity contribution in [3.8, 4) is 17.2 Å². The van der Waals surface area contributed by atoms with Gasteiger partial charge in [0, 0.05) is 0 Å². The van der Waals surface area contributed by atoms with Gasteiger partial charge in [0.2, 0.25) is 0 Å². The number of para-hydroxylation sites is 2. The number of rotatable bonds is 5. The number of carbonyl (C=O) groups excluding carboxylic acids is 1. The van der Waals surface area contributed by atoms with E-state index in [0.717, 1.165) is 5.69 Å². The Kier molecular flexibility index (Phi) is 6.49. The van der Waals surface area contributed by atoms with E-state index in [-0.39, 0.29) is 12.5 Å². The number of nitrogens with one attached hydrogen (secondary N) is 2. The molecule has 0 heterocycles. The third-order valence-corrected chi connectivity index (χ3v) is 3.21. The maximum Gasteiger partial charge on any atom is 0.259 e. The number of carbonyl (C=O) groups is 1. The largest absolute Gasteiger partial charge is 0.495 e. The van der Waals surface area contributed by atoms with Gasteiger partial charge in [0.15, 0.2) is 0 Å². The number of anilines is 1. The minimum Gasteiger partial charge on any atom is -0.495 e. The lowest BCUT2D eigenvalue weighted by Gasteiger charge is -2.09. The molecule has 1 aromatic rings. The summed E-state index contributed by atoms with van der Waals surface area (Å²) in [6, 6.07) is 7.40. The summed E-state index contributed by atoms with van der Waals surface area (Å²) in [7, 11) is 0.190. The molecule has 2 N–H and O–H groups in total. The van der Waals surface area contributed by atoms with Crippen LogP contribution in [0.2, 0.25) is 19.6 Å². The fourth-order valence-electron chi connectivity index (χ4n) is 1.39. The number of hydrazone groups is 1. The van der Waals surface area contributed by atoms with Crippen molar-refractivity contribution >= 4 is 25.9 Å². The molecule has 0 saturated heterocycles. The van der Waals surface area contributed by atoms with E-state index in [9.17, 15) is 4.79 Å². The zero-order valence-corrected chi connectivity index (χ0v) is 13.9. The minimum absolute atomic E-state index is 0.110. The summed E-state index contributed by atoms with van der Waals surface area (Å²) in [6.45, 7) is 6.54.